The Morgan fingerprint density at radius 2 is 1.88 bits per heavy atom. The first-order valence-corrected chi connectivity index (χ1v) is 8.47. The maximum atomic E-state index is 13.1. The van der Waals surface area contributed by atoms with E-state index in [2.05, 4.69) is 0 Å². The van der Waals surface area contributed by atoms with Crippen molar-refractivity contribution in [3.8, 4) is 5.75 Å². The van der Waals surface area contributed by atoms with Crippen LogP contribution in [0.1, 0.15) is 34.0 Å². The molecule has 1 aliphatic rings. The molecular formula is C19H16Cl2O4. The number of carboxylic acid groups (broad SMARTS) is 1. The van der Waals surface area contributed by atoms with E-state index in [0.29, 0.717) is 17.5 Å². The SMILES string of the molecule is Cc1ccc(C2(C)Cc3cc(OCC(=O)O)c(Cl)c(Cl)c3C2=O)cc1. The Balaban J connectivity index is 2.04. The predicted octanol–water partition coefficient (Wildman–Crippen LogP) is 4.46. The van der Waals surface area contributed by atoms with E-state index in [9.17, 15) is 9.59 Å². The third-order valence-electron chi connectivity index (χ3n) is 4.57. The van der Waals surface area contributed by atoms with E-state index < -0.39 is 18.0 Å². The number of fused-ring (bicyclic) bond motifs is 1. The van der Waals surface area contributed by atoms with Gasteiger partial charge in [0.15, 0.2) is 12.4 Å². The molecule has 0 bridgehead atoms. The van der Waals surface area contributed by atoms with Crippen LogP contribution in [0, 0.1) is 6.92 Å². The minimum Gasteiger partial charge on any atom is -0.480 e. The molecule has 0 spiro atoms. The van der Waals surface area contributed by atoms with Gasteiger partial charge in [0.2, 0.25) is 0 Å². The molecule has 0 saturated carbocycles. The number of aliphatic carboxylic acids is 1. The molecule has 0 radical (unpaired) electrons. The van der Waals surface area contributed by atoms with Gasteiger partial charge in [0.1, 0.15) is 10.8 Å². The molecule has 4 nitrogen and oxygen atoms in total. The van der Waals surface area contributed by atoms with Crippen LogP contribution in [0.2, 0.25) is 10.0 Å². The van der Waals surface area contributed by atoms with E-state index >= 15 is 0 Å². The first kappa shape index (κ1) is 17.8. The Morgan fingerprint density at radius 3 is 2.48 bits per heavy atom. The second kappa shape index (κ2) is 6.36. The summed E-state index contributed by atoms with van der Waals surface area (Å²) in [6, 6.07) is 9.43. The zero-order valence-corrected chi connectivity index (χ0v) is 15.2. The number of carbonyl (C=O) groups is 2. The molecule has 130 valence electrons. The molecule has 1 aliphatic carbocycles. The maximum Gasteiger partial charge on any atom is 0.341 e. The van der Waals surface area contributed by atoms with Gasteiger partial charge in [-0.25, -0.2) is 4.79 Å². The molecule has 1 unspecified atom stereocenters. The van der Waals surface area contributed by atoms with Crippen LogP contribution < -0.4 is 4.74 Å². The standard InChI is InChI=1S/C19H16Cl2O4/c1-10-3-5-12(6-4-10)19(2)8-11-7-13(25-9-14(22)23)16(20)17(21)15(11)18(19)24/h3-7H,8-9H2,1-2H3,(H,22,23). The molecular weight excluding hydrogens is 363 g/mol. The lowest BCUT2D eigenvalue weighted by atomic mass is 9.79. The van der Waals surface area contributed by atoms with Crippen LogP contribution in [0.4, 0.5) is 0 Å². The lowest BCUT2D eigenvalue weighted by molar-refractivity contribution is -0.139. The quantitative estimate of drug-likeness (QED) is 0.852. The summed E-state index contributed by atoms with van der Waals surface area (Å²) in [5.74, 6) is -1.04. The van der Waals surface area contributed by atoms with Crippen molar-refractivity contribution in [3.63, 3.8) is 0 Å². The van der Waals surface area contributed by atoms with Gasteiger partial charge >= 0.3 is 5.97 Å². The van der Waals surface area contributed by atoms with Gasteiger partial charge < -0.3 is 9.84 Å². The average Bonchev–Trinajstić information content (AvgIpc) is 2.82. The van der Waals surface area contributed by atoms with Crippen LogP contribution in [0.15, 0.2) is 30.3 Å². The normalized spacial score (nSPS) is 19.0. The minimum atomic E-state index is -1.12. The molecule has 3 rings (SSSR count). The average molecular weight is 379 g/mol. The molecule has 2 aromatic rings. The number of halogens is 2. The number of benzene rings is 2. The lowest BCUT2D eigenvalue weighted by Gasteiger charge is -2.22. The Kier molecular flexibility index (Phi) is 4.52. The van der Waals surface area contributed by atoms with E-state index in [1.54, 1.807) is 6.07 Å². The highest BCUT2D eigenvalue weighted by molar-refractivity contribution is 6.45. The van der Waals surface area contributed by atoms with Crippen LogP contribution in [0.5, 0.6) is 5.75 Å². The number of rotatable bonds is 4. The molecule has 25 heavy (non-hydrogen) atoms. The van der Waals surface area contributed by atoms with Crippen molar-refractivity contribution in [2.24, 2.45) is 0 Å². The van der Waals surface area contributed by atoms with Crippen LogP contribution in [0.25, 0.3) is 0 Å². The monoisotopic (exact) mass is 378 g/mol. The summed E-state index contributed by atoms with van der Waals surface area (Å²) in [4.78, 5) is 23.8. The molecule has 0 amide bonds. The topological polar surface area (TPSA) is 63.6 Å². The highest BCUT2D eigenvalue weighted by Gasteiger charge is 2.45. The van der Waals surface area contributed by atoms with Crippen molar-refractivity contribution < 1.29 is 19.4 Å². The summed E-state index contributed by atoms with van der Waals surface area (Å²) in [7, 11) is 0. The second-order valence-corrected chi connectivity index (χ2v) is 7.18. The van der Waals surface area contributed by atoms with Gasteiger partial charge in [-0.1, -0.05) is 53.0 Å². The highest BCUT2D eigenvalue weighted by Crippen LogP contribution is 2.47. The zero-order valence-electron chi connectivity index (χ0n) is 13.7. The van der Waals surface area contributed by atoms with Crippen LogP contribution in [-0.2, 0) is 16.6 Å². The van der Waals surface area contributed by atoms with Crippen LogP contribution in [0.3, 0.4) is 0 Å². The van der Waals surface area contributed by atoms with Crippen molar-refractivity contribution in [1.82, 2.24) is 0 Å². The summed E-state index contributed by atoms with van der Waals surface area (Å²) in [6.45, 7) is 3.33. The first-order chi connectivity index (χ1) is 11.7. The summed E-state index contributed by atoms with van der Waals surface area (Å²) >= 11 is 12.5. The number of hydrogen-bond donors (Lipinski definition) is 1. The van der Waals surface area contributed by atoms with Gasteiger partial charge in [-0.15, -0.1) is 0 Å². The molecule has 6 heteroatoms. The highest BCUT2D eigenvalue weighted by atomic mass is 35.5. The molecule has 1 N–H and O–H groups in total. The number of carbonyl (C=O) groups excluding carboxylic acids is 1. The molecule has 0 saturated heterocycles. The summed E-state index contributed by atoms with van der Waals surface area (Å²) in [5.41, 5.74) is 2.37. The van der Waals surface area contributed by atoms with Crippen molar-refractivity contribution in [2.75, 3.05) is 6.61 Å². The molecule has 0 aliphatic heterocycles. The number of Topliss-reactive ketones (excluding diaryl/α,β-unsaturated/α-hetero) is 1. The van der Waals surface area contributed by atoms with Crippen LogP contribution >= 0.6 is 23.2 Å². The fourth-order valence-electron chi connectivity index (χ4n) is 3.17. The van der Waals surface area contributed by atoms with Crippen LogP contribution in [-0.4, -0.2) is 23.5 Å². The zero-order chi connectivity index (χ0) is 18.4. The summed E-state index contributed by atoms with van der Waals surface area (Å²) in [6.07, 6.45) is 0.449. The molecule has 2 aromatic carbocycles. The van der Waals surface area contributed by atoms with E-state index in [1.165, 1.54) is 0 Å². The van der Waals surface area contributed by atoms with Gasteiger partial charge in [-0.05, 0) is 37.5 Å². The van der Waals surface area contributed by atoms with Gasteiger partial charge in [0, 0.05) is 5.56 Å². The van der Waals surface area contributed by atoms with Gasteiger partial charge in [0.05, 0.1) is 10.4 Å². The predicted molar refractivity (Wildman–Crippen MR) is 96.2 cm³/mol. The van der Waals surface area contributed by atoms with Gasteiger partial charge in [0.25, 0.3) is 0 Å². The molecule has 0 fully saturated rings. The lowest BCUT2D eigenvalue weighted by Crippen LogP contribution is -2.29. The van der Waals surface area contributed by atoms with Crippen molar-refractivity contribution in [1.29, 1.82) is 0 Å². The molecule has 1 atom stereocenters. The van der Waals surface area contributed by atoms with Gasteiger partial charge in [-0.3, -0.25) is 4.79 Å². The van der Waals surface area contributed by atoms with Crippen molar-refractivity contribution >= 4 is 35.0 Å². The van der Waals surface area contributed by atoms with Crippen molar-refractivity contribution in [2.45, 2.75) is 25.7 Å². The van der Waals surface area contributed by atoms with E-state index in [1.807, 2.05) is 38.1 Å². The second-order valence-electron chi connectivity index (χ2n) is 6.42. The molecule has 0 aromatic heterocycles. The maximum absolute atomic E-state index is 13.1. The Morgan fingerprint density at radius 1 is 1.24 bits per heavy atom. The fourth-order valence-corrected chi connectivity index (χ4v) is 3.68. The minimum absolute atomic E-state index is 0.0585. The van der Waals surface area contributed by atoms with E-state index in [4.69, 9.17) is 33.0 Å². The largest absolute Gasteiger partial charge is 0.480 e. The summed E-state index contributed by atoms with van der Waals surface area (Å²) < 4.78 is 5.20. The van der Waals surface area contributed by atoms with Crippen molar-refractivity contribution in [3.05, 3.63) is 62.6 Å². The number of ether oxygens (including phenoxy) is 1. The fraction of sp³-hybridized carbons (Fsp3) is 0.263. The van der Waals surface area contributed by atoms with E-state index in [-0.39, 0.29) is 21.6 Å². The summed E-state index contributed by atoms with van der Waals surface area (Å²) in [5, 5.41) is 8.94. The van der Waals surface area contributed by atoms with Gasteiger partial charge in [-0.2, -0.15) is 0 Å². The molecule has 0 heterocycles. The number of carboxylic acids is 1. The van der Waals surface area contributed by atoms with E-state index in [0.717, 1.165) is 11.1 Å². The Bertz CT molecular complexity index is 874. The number of aryl methyl sites for hydroxylation is 1. The number of hydrogen-bond acceptors (Lipinski definition) is 3. The Labute approximate surface area is 155 Å². The first-order valence-electron chi connectivity index (χ1n) is 7.71. The smallest absolute Gasteiger partial charge is 0.341 e. The Hall–Kier alpha value is -2.04. The third-order valence-corrected chi connectivity index (χ3v) is 5.42. The number of ketones is 1. The third kappa shape index (κ3) is 3.00.